The lowest BCUT2D eigenvalue weighted by molar-refractivity contribution is 0.0620. The summed E-state index contributed by atoms with van der Waals surface area (Å²) >= 11 is 7.06. The van der Waals surface area contributed by atoms with E-state index in [1.54, 1.807) is 30.5 Å². The Morgan fingerprint density at radius 2 is 2.04 bits per heavy atom. The first-order chi connectivity index (χ1) is 11.7. The van der Waals surface area contributed by atoms with Crippen LogP contribution in [0.3, 0.4) is 0 Å². The van der Waals surface area contributed by atoms with Crippen molar-refractivity contribution in [2.24, 2.45) is 5.92 Å². The molecule has 2 aromatic rings. The SMILES string of the molecule is O=C(NC1CN2CCC1CC2)c1ccc(Oc2cnc(Cl)s2)cc1. The van der Waals surface area contributed by atoms with E-state index in [9.17, 15) is 4.79 Å². The predicted molar refractivity (Wildman–Crippen MR) is 94.1 cm³/mol. The molecule has 1 aromatic heterocycles. The minimum absolute atomic E-state index is 0.0128. The monoisotopic (exact) mass is 363 g/mol. The number of thiazole rings is 1. The van der Waals surface area contributed by atoms with Gasteiger partial charge in [-0.3, -0.25) is 4.79 Å². The van der Waals surface area contributed by atoms with Crippen molar-refractivity contribution in [1.82, 2.24) is 15.2 Å². The first kappa shape index (κ1) is 15.9. The molecule has 0 aliphatic carbocycles. The van der Waals surface area contributed by atoms with Crippen molar-refractivity contribution in [2.75, 3.05) is 19.6 Å². The molecule has 0 saturated carbocycles. The van der Waals surface area contributed by atoms with Crippen LogP contribution in [-0.2, 0) is 0 Å². The maximum Gasteiger partial charge on any atom is 0.251 e. The number of carbonyl (C=O) groups is 1. The molecular formula is C17H18ClN3O2S. The van der Waals surface area contributed by atoms with Crippen LogP contribution < -0.4 is 10.1 Å². The van der Waals surface area contributed by atoms with Gasteiger partial charge in [-0.05, 0) is 56.1 Å². The van der Waals surface area contributed by atoms with Gasteiger partial charge in [-0.15, -0.1) is 0 Å². The highest BCUT2D eigenvalue weighted by atomic mass is 35.5. The third-order valence-corrected chi connectivity index (χ3v) is 5.76. The van der Waals surface area contributed by atoms with Crippen molar-refractivity contribution in [2.45, 2.75) is 18.9 Å². The molecule has 3 fully saturated rings. The molecule has 5 nitrogen and oxygen atoms in total. The number of nitrogens with one attached hydrogen (secondary N) is 1. The maximum atomic E-state index is 12.5. The Kier molecular flexibility index (Phi) is 4.43. The normalized spacial score (nSPS) is 25.5. The number of amides is 1. The third kappa shape index (κ3) is 3.41. The van der Waals surface area contributed by atoms with Gasteiger partial charge in [-0.25, -0.2) is 4.98 Å². The highest BCUT2D eigenvalue weighted by Crippen LogP contribution is 2.30. The van der Waals surface area contributed by atoms with Gasteiger partial charge < -0.3 is 15.0 Å². The Morgan fingerprint density at radius 1 is 1.29 bits per heavy atom. The minimum atomic E-state index is -0.0128. The Hall–Kier alpha value is -1.63. The van der Waals surface area contributed by atoms with Crippen LogP contribution in [-0.4, -0.2) is 41.5 Å². The quantitative estimate of drug-likeness (QED) is 0.904. The summed E-state index contributed by atoms with van der Waals surface area (Å²) in [6.45, 7) is 3.32. The molecule has 2 bridgehead atoms. The number of benzene rings is 1. The summed E-state index contributed by atoms with van der Waals surface area (Å²) in [5, 5.41) is 3.82. The minimum Gasteiger partial charge on any atom is -0.445 e. The first-order valence-electron chi connectivity index (χ1n) is 8.10. The lowest BCUT2D eigenvalue weighted by Gasteiger charge is -2.44. The zero-order chi connectivity index (χ0) is 16.5. The van der Waals surface area contributed by atoms with Crippen LogP contribution in [0.25, 0.3) is 0 Å². The lowest BCUT2D eigenvalue weighted by atomic mass is 9.84. The fourth-order valence-corrected chi connectivity index (χ4v) is 4.25. The van der Waals surface area contributed by atoms with Gasteiger partial charge in [0, 0.05) is 18.2 Å². The van der Waals surface area contributed by atoms with Crippen molar-refractivity contribution in [3.8, 4) is 10.8 Å². The Bertz CT molecular complexity index is 726. The van der Waals surface area contributed by atoms with Crippen LogP contribution in [0.5, 0.6) is 10.8 Å². The van der Waals surface area contributed by atoms with Crippen molar-refractivity contribution < 1.29 is 9.53 Å². The summed E-state index contributed by atoms with van der Waals surface area (Å²) in [5.41, 5.74) is 0.654. The highest BCUT2D eigenvalue weighted by Gasteiger charge is 2.34. The zero-order valence-electron chi connectivity index (χ0n) is 13.1. The van der Waals surface area contributed by atoms with E-state index in [0.717, 1.165) is 6.54 Å². The number of carbonyl (C=O) groups excluding carboxylic acids is 1. The van der Waals surface area contributed by atoms with Gasteiger partial charge in [-0.1, -0.05) is 22.9 Å². The van der Waals surface area contributed by atoms with Crippen LogP contribution in [0, 0.1) is 5.92 Å². The number of piperidine rings is 3. The molecule has 3 aliphatic heterocycles. The van der Waals surface area contributed by atoms with Crippen molar-refractivity contribution in [3.05, 3.63) is 40.5 Å². The van der Waals surface area contributed by atoms with Gasteiger partial charge in [0.25, 0.3) is 5.91 Å². The fourth-order valence-electron chi connectivity index (χ4n) is 3.46. The summed E-state index contributed by atoms with van der Waals surface area (Å²) in [7, 11) is 0. The number of rotatable bonds is 4. The molecule has 5 rings (SSSR count). The average Bonchev–Trinajstić information content (AvgIpc) is 3.01. The van der Waals surface area contributed by atoms with Crippen molar-refractivity contribution >= 4 is 28.8 Å². The van der Waals surface area contributed by atoms with Crippen LogP contribution in [0.1, 0.15) is 23.2 Å². The maximum absolute atomic E-state index is 12.5. The van der Waals surface area contributed by atoms with Gasteiger partial charge in [0.2, 0.25) is 5.06 Å². The van der Waals surface area contributed by atoms with E-state index >= 15 is 0 Å². The van der Waals surface area contributed by atoms with E-state index in [-0.39, 0.29) is 11.9 Å². The second-order valence-electron chi connectivity index (χ2n) is 6.28. The molecule has 1 aromatic carbocycles. The van der Waals surface area contributed by atoms with E-state index in [2.05, 4.69) is 15.2 Å². The number of hydrogen-bond donors (Lipinski definition) is 1. The van der Waals surface area contributed by atoms with Crippen LogP contribution in [0.15, 0.2) is 30.5 Å². The smallest absolute Gasteiger partial charge is 0.251 e. The number of fused-ring (bicyclic) bond motifs is 3. The van der Waals surface area contributed by atoms with E-state index in [1.807, 2.05) is 0 Å². The standard InChI is InChI=1S/C17H18ClN3O2S/c18-17-19-9-15(24-17)23-13-3-1-12(2-4-13)16(22)20-14-10-21-7-5-11(14)6-8-21/h1-4,9,11,14H,5-8,10H2,(H,20,22). The Labute approximate surface area is 149 Å². The number of hydrogen-bond acceptors (Lipinski definition) is 5. The summed E-state index contributed by atoms with van der Waals surface area (Å²) < 4.78 is 6.10. The third-order valence-electron chi connectivity index (χ3n) is 4.76. The van der Waals surface area contributed by atoms with Gasteiger partial charge in [-0.2, -0.15) is 0 Å². The van der Waals surface area contributed by atoms with Gasteiger partial charge >= 0.3 is 0 Å². The van der Waals surface area contributed by atoms with Crippen LogP contribution in [0.2, 0.25) is 4.47 Å². The topological polar surface area (TPSA) is 54.5 Å². The van der Waals surface area contributed by atoms with E-state index in [0.29, 0.717) is 26.8 Å². The second-order valence-corrected chi connectivity index (χ2v) is 7.85. The van der Waals surface area contributed by atoms with Gasteiger partial charge in [0.1, 0.15) is 5.75 Å². The van der Waals surface area contributed by atoms with Crippen molar-refractivity contribution in [1.29, 1.82) is 0 Å². The summed E-state index contributed by atoms with van der Waals surface area (Å²) in [5.74, 6) is 1.27. The van der Waals surface area contributed by atoms with Gasteiger partial charge in [0.15, 0.2) is 4.47 Å². The van der Waals surface area contributed by atoms with Crippen LogP contribution in [0.4, 0.5) is 0 Å². The summed E-state index contributed by atoms with van der Waals surface area (Å²) in [6, 6.07) is 7.43. The average molecular weight is 364 g/mol. The molecule has 4 heterocycles. The molecule has 1 amide bonds. The molecule has 1 N–H and O–H groups in total. The summed E-state index contributed by atoms with van der Waals surface area (Å²) in [6.07, 6.45) is 3.96. The second kappa shape index (κ2) is 6.70. The van der Waals surface area contributed by atoms with Crippen molar-refractivity contribution in [3.63, 3.8) is 0 Å². The molecule has 3 saturated heterocycles. The Balaban J connectivity index is 1.38. The number of nitrogens with zero attached hydrogens (tertiary/aromatic N) is 2. The lowest BCUT2D eigenvalue weighted by Crippen LogP contribution is -2.57. The number of ether oxygens (including phenoxy) is 1. The summed E-state index contributed by atoms with van der Waals surface area (Å²) in [4.78, 5) is 18.8. The molecule has 0 radical (unpaired) electrons. The fraction of sp³-hybridized carbons (Fsp3) is 0.412. The predicted octanol–water partition coefficient (Wildman–Crippen LogP) is 3.41. The van der Waals surface area contributed by atoms with Crippen LogP contribution >= 0.6 is 22.9 Å². The molecule has 24 heavy (non-hydrogen) atoms. The molecule has 126 valence electrons. The van der Waals surface area contributed by atoms with E-state index in [4.69, 9.17) is 16.3 Å². The molecular weight excluding hydrogens is 346 g/mol. The highest BCUT2D eigenvalue weighted by molar-refractivity contribution is 7.17. The molecule has 0 spiro atoms. The molecule has 1 unspecified atom stereocenters. The van der Waals surface area contributed by atoms with Gasteiger partial charge in [0.05, 0.1) is 6.20 Å². The molecule has 7 heteroatoms. The number of aromatic nitrogens is 1. The first-order valence-corrected chi connectivity index (χ1v) is 9.29. The Morgan fingerprint density at radius 3 is 2.62 bits per heavy atom. The number of halogens is 1. The van der Waals surface area contributed by atoms with E-state index in [1.165, 1.54) is 37.3 Å². The largest absolute Gasteiger partial charge is 0.445 e. The molecule has 3 aliphatic rings. The molecule has 1 atom stereocenters. The van der Waals surface area contributed by atoms with E-state index < -0.39 is 0 Å². The zero-order valence-corrected chi connectivity index (χ0v) is 14.6.